The lowest BCUT2D eigenvalue weighted by Gasteiger charge is -2.04. The van der Waals surface area contributed by atoms with Crippen molar-refractivity contribution in [3.63, 3.8) is 0 Å². The van der Waals surface area contributed by atoms with E-state index in [1.54, 1.807) is 30.3 Å². The highest BCUT2D eigenvalue weighted by molar-refractivity contribution is 7.21. The lowest BCUT2D eigenvalue weighted by atomic mass is 9.98. The Morgan fingerprint density at radius 1 is 0.912 bits per heavy atom. The van der Waals surface area contributed by atoms with Crippen molar-refractivity contribution < 1.29 is 4.42 Å². The summed E-state index contributed by atoms with van der Waals surface area (Å²) in [6.45, 7) is 7.49. The molecule has 0 unspecified atom stereocenters. The summed E-state index contributed by atoms with van der Waals surface area (Å²) in [5.41, 5.74) is 3.25. The minimum atomic E-state index is -0.151. The molecule has 2 heterocycles. The third kappa shape index (κ3) is 3.25. The predicted molar refractivity (Wildman–Crippen MR) is 127 cm³/mol. The van der Waals surface area contributed by atoms with Crippen LogP contribution < -0.4 is 0 Å². The van der Waals surface area contributed by atoms with E-state index in [0.29, 0.717) is 38.4 Å². The molecule has 0 saturated carbocycles. The fourth-order valence-corrected chi connectivity index (χ4v) is 4.70. The van der Waals surface area contributed by atoms with Crippen LogP contribution in [0.25, 0.3) is 43.2 Å². The molecule has 1 aliphatic rings. The van der Waals surface area contributed by atoms with Crippen LogP contribution in [-0.4, -0.2) is 9.97 Å². The smallest absolute Gasteiger partial charge is 0.270 e. The number of hydrogen-bond donors (Lipinski definition) is 0. The number of allylic oxidation sites excluding steroid dienone is 5. The van der Waals surface area contributed by atoms with E-state index in [0.717, 1.165) is 10.6 Å². The number of nitrogens with zero attached hydrogens (tertiary/aromatic N) is 6. The van der Waals surface area contributed by atoms with Gasteiger partial charge < -0.3 is 4.42 Å². The number of nitriles is 3. The fraction of sp³-hybridized carbons (Fsp3) is 0. The van der Waals surface area contributed by atoms with E-state index in [1.807, 2.05) is 48.5 Å². The monoisotopic (exact) mass is 454 g/mol. The van der Waals surface area contributed by atoms with E-state index in [2.05, 4.69) is 14.8 Å². The molecule has 1 aliphatic carbocycles. The molecule has 4 aromatic rings. The van der Waals surface area contributed by atoms with Gasteiger partial charge in [0.15, 0.2) is 4.83 Å². The third-order valence-corrected chi connectivity index (χ3v) is 6.19. The molecule has 0 amide bonds. The first-order valence-corrected chi connectivity index (χ1v) is 10.7. The summed E-state index contributed by atoms with van der Waals surface area (Å²) in [5.74, 6) is 0.198. The van der Waals surface area contributed by atoms with Crippen LogP contribution in [0.5, 0.6) is 0 Å². The Labute approximate surface area is 197 Å². The van der Waals surface area contributed by atoms with Gasteiger partial charge in [-0.2, -0.15) is 20.5 Å². The Kier molecular flexibility index (Phi) is 5.05. The van der Waals surface area contributed by atoms with Gasteiger partial charge in [-0.05, 0) is 16.7 Å². The van der Waals surface area contributed by atoms with Gasteiger partial charge in [-0.1, -0.05) is 65.9 Å². The van der Waals surface area contributed by atoms with Crippen molar-refractivity contribution in [2.75, 3.05) is 0 Å². The minimum Gasteiger partial charge on any atom is -0.417 e. The zero-order valence-electron chi connectivity index (χ0n) is 17.3. The molecule has 0 fully saturated rings. The molecule has 0 radical (unpaired) electrons. The summed E-state index contributed by atoms with van der Waals surface area (Å²) >= 11 is 1.37. The molecule has 2 aromatic heterocycles. The average molecular weight is 454 g/mol. The van der Waals surface area contributed by atoms with Crippen molar-refractivity contribution in [1.82, 2.24) is 9.97 Å². The van der Waals surface area contributed by atoms with E-state index in [4.69, 9.17) is 11.0 Å². The van der Waals surface area contributed by atoms with Crippen LogP contribution >= 0.6 is 11.3 Å². The van der Waals surface area contributed by atoms with Gasteiger partial charge in [-0.25, -0.2) is 10.1 Å². The molecule has 2 aromatic carbocycles. The third-order valence-electron chi connectivity index (χ3n) is 5.21. The van der Waals surface area contributed by atoms with Crippen molar-refractivity contribution in [2.24, 2.45) is 0 Å². The second-order valence-corrected chi connectivity index (χ2v) is 8.05. The van der Waals surface area contributed by atoms with Crippen LogP contribution in [0, 0.1) is 40.6 Å². The first-order valence-electron chi connectivity index (χ1n) is 9.89. The number of thiazole rings is 1. The Bertz CT molecular complexity index is 1610. The van der Waals surface area contributed by atoms with Crippen LogP contribution in [0.15, 0.2) is 75.9 Å². The first-order chi connectivity index (χ1) is 16.7. The van der Waals surface area contributed by atoms with Crippen molar-refractivity contribution in [2.45, 2.75) is 0 Å². The fourth-order valence-electron chi connectivity index (χ4n) is 3.82. The number of benzene rings is 2. The van der Waals surface area contributed by atoms with Crippen molar-refractivity contribution in [3.05, 3.63) is 99.9 Å². The molecule has 0 atom stereocenters. The van der Waals surface area contributed by atoms with Crippen LogP contribution in [-0.2, 0) is 0 Å². The molecule has 0 saturated heterocycles. The van der Waals surface area contributed by atoms with Gasteiger partial charge in [0.05, 0.1) is 12.6 Å². The number of fused-ring (bicyclic) bond motifs is 2. The lowest BCUT2D eigenvalue weighted by Crippen LogP contribution is -1.89. The molecule has 156 valence electrons. The number of rotatable bonds is 2. The van der Waals surface area contributed by atoms with Crippen molar-refractivity contribution in [1.29, 1.82) is 15.8 Å². The second-order valence-electron chi connectivity index (χ2n) is 7.07. The SMILES string of the molecule is [C-]#[N+]/C(C#N)=C1\C(=C/c2nc3sc(-c4ccccc4)nc3o2)C(=C(C#N)C#N)c2ccccc21. The predicted octanol–water partition coefficient (Wildman–Crippen LogP) is 6.00. The minimum absolute atomic E-state index is 0.131. The molecule has 8 heteroatoms. The largest absolute Gasteiger partial charge is 0.417 e. The molecule has 0 aliphatic heterocycles. The van der Waals surface area contributed by atoms with Crippen LogP contribution in [0.1, 0.15) is 17.0 Å². The first kappa shape index (κ1) is 20.6. The summed E-state index contributed by atoms with van der Waals surface area (Å²) in [6, 6.07) is 22.5. The van der Waals surface area contributed by atoms with Gasteiger partial charge in [0.1, 0.15) is 22.7 Å². The maximum atomic E-state index is 9.61. The van der Waals surface area contributed by atoms with E-state index < -0.39 is 0 Å². The van der Waals surface area contributed by atoms with Gasteiger partial charge in [0.25, 0.3) is 11.4 Å². The van der Waals surface area contributed by atoms with Crippen molar-refractivity contribution in [3.8, 4) is 28.8 Å². The zero-order chi connectivity index (χ0) is 23.7. The van der Waals surface area contributed by atoms with Gasteiger partial charge >= 0.3 is 0 Å². The van der Waals surface area contributed by atoms with E-state index in [1.165, 1.54) is 11.3 Å². The Morgan fingerprint density at radius 3 is 2.21 bits per heavy atom. The Hall–Kier alpha value is -5.28. The van der Waals surface area contributed by atoms with Gasteiger partial charge in [0.2, 0.25) is 5.89 Å². The maximum absolute atomic E-state index is 9.61. The van der Waals surface area contributed by atoms with Crippen molar-refractivity contribution >= 4 is 39.1 Å². The standard InChI is InChI=1S/C26H10N6OS/c1-30-20(14-29)23-18-10-6-5-9-17(18)22(16(12-27)13-28)19(23)11-21-31-26-24(33-21)32-25(34-26)15-7-3-2-4-8-15/h2-11H/b19-11-,23-20-. The summed E-state index contributed by atoms with van der Waals surface area (Å²) in [7, 11) is 0. The van der Waals surface area contributed by atoms with Gasteiger partial charge in [-0.15, -0.1) is 0 Å². The number of hydrogen-bond acceptors (Lipinski definition) is 7. The number of aromatic nitrogens is 2. The summed E-state index contributed by atoms with van der Waals surface area (Å²) in [6.07, 6.45) is 1.55. The quantitative estimate of drug-likeness (QED) is 0.271. The molecule has 0 N–H and O–H groups in total. The molecule has 34 heavy (non-hydrogen) atoms. The maximum Gasteiger partial charge on any atom is 0.270 e. The highest BCUT2D eigenvalue weighted by Gasteiger charge is 2.32. The highest BCUT2D eigenvalue weighted by atomic mass is 32.1. The van der Waals surface area contributed by atoms with Crippen LogP contribution in [0.3, 0.4) is 0 Å². The Morgan fingerprint density at radius 2 is 1.59 bits per heavy atom. The van der Waals surface area contributed by atoms with Gasteiger partial charge in [-0.3, -0.25) is 0 Å². The summed E-state index contributed by atoms with van der Waals surface area (Å²) < 4.78 is 5.86. The normalized spacial score (nSPS) is 14.7. The zero-order valence-corrected chi connectivity index (χ0v) is 18.1. The summed E-state index contributed by atoms with van der Waals surface area (Å²) in [4.78, 5) is 13.0. The highest BCUT2D eigenvalue weighted by Crippen LogP contribution is 2.49. The van der Waals surface area contributed by atoms with E-state index in [9.17, 15) is 15.8 Å². The molecule has 0 bridgehead atoms. The van der Waals surface area contributed by atoms with Crippen LogP contribution in [0.2, 0.25) is 0 Å². The summed E-state index contributed by atoms with van der Waals surface area (Å²) in [5, 5.41) is 29.6. The molecule has 5 rings (SSSR count). The Balaban J connectivity index is 1.73. The van der Waals surface area contributed by atoms with Gasteiger partial charge in [0, 0.05) is 22.8 Å². The second kappa shape index (κ2) is 8.34. The molecular formula is C26H10N6OS. The van der Waals surface area contributed by atoms with Crippen LogP contribution in [0.4, 0.5) is 0 Å². The van der Waals surface area contributed by atoms with E-state index in [-0.39, 0.29) is 17.2 Å². The lowest BCUT2D eigenvalue weighted by molar-refractivity contribution is 0.579. The topological polar surface area (TPSA) is 115 Å². The molecule has 7 nitrogen and oxygen atoms in total. The molecule has 0 spiro atoms. The number of oxazole rings is 1. The molecular weight excluding hydrogens is 444 g/mol. The average Bonchev–Trinajstić information content (AvgIpc) is 3.53. The van der Waals surface area contributed by atoms with E-state index >= 15 is 0 Å².